The van der Waals surface area contributed by atoms with Crippen molar-refractivity contribution >= 4 is 28.9 Å². The second-order valence-electron chi connectivity index (χ2n) is 4.83. The van der Waals surface area contributed by atoms with Gasteiger partial charge in [-0.15, -0.1) is 11.3 Å². The molecule has 0 bridgehead atoms. The second kappa shape index (κ2) is 7.02. The van der Waals surface area contributed by atoms with E-state index in [0.717, 1.165) is 17.1 Å². The fraction of sp³-hybridized carbons (Fsp3) is 0.333. The van der Waals surface area contributed by atoms with Crippen LogP contribution in [0.3, 0.4) is 0 Å². The molecule has 1 heterocycles. The van der Waals surface area contributed by atoms with Crippen LogP contribution < -0.4 is 0 Å². The molecule has 0 atom stereocenters. The van der Waals surface area contributed by atoms with Crippen LogP contribution in [0, 0.1) is 0 Å². The molecule has 21 heavy (non-hydrogen) atoms. The zero-order valence-corrected chi connectivity index (χ0v) is 13.5. The fourth-order valence-electron chi connectivity index (χ4n) is 2.11. The quantitative estimate of drug-likeness (QED) is 0.880. The van der Waals surface area contributed by atoms with Crippen molar-refractivity contribution in [1.29, 1.82) is 0 Å². The Kier molecular flexibility index (Phi) is 5.33. The molecule has 0 aliphatic heterocycles. The van der Waals surface area contributed by atoms with E-state index >= 15 is 0 Å². The molecule has 0 saturated heterocycles. The van der Waals surface area contributed by atoms with E-state index < -0.39 is 5.97 Å². The summed E-state index contributed by atoms with van der Waals surface area (Å²) in [6.45, 7) is 3.22. The van der Waals surface area contributed by atoms with Crippen molar-refractivity contribution in [2.24, 2.45) is 0 Å². The lowest BCUT2D eigenvalue weighted by Gasteiger charge is -2.17. The Labute approximate surface area is 133 Å². The van der Waals surface area contributed by atoms with Gasteiger partial charge < -0.3 is 5.11 Å². The lowest BCUT2D eigenvalue weighted by atomic mass is 10.1. The van der Waals surface area contributed by atoms with Gasteiger partial charge in [0, 0.05) is 23.5 Å². The highest BCUT2D eigenvalue weighted by molar-refractivity contribution is 7.09. The Morgan fingerprint density at radius 1 is 1.43 bits per heavy atom. The minimum Gasteiger partial charge on any atom is -0.478 e. The average Bonchev–Trinajstić information content (AvgIpc) is 2.88. The lowest BCUT2D eigenvalue weighted by molar-refractivity contribution is 0.0694. The van der Waals surface area contributed by atoms with E-state index in [1.54, 1.807) is 29.5 Å². The van der Waals surface area contributed by atoms with Gasteiger partial charge in [0.25, 0.3) is 0 Å². The Morgan fingerprint density at radius 3 is 2.81 bits per heavy atom. The number of halogens is 1. The van der Waals surface area contributed by atoms with Crippen LogP contribution in [-0.4, -0.2) is 28.0 Å². The molecular formula is C15H17ClN2O2S. The van der Waals surface area contributed by atoms with Crippen molar-refractivity contribution in [3.63, 3.8) is 0 Å². The molecule has 0 saturated carbocycles. The third-order valence-corrected chi connectivity index (χ3v) is 4.51. The monoisotopic (exact) mass is 324 g/mol. The van der Waals surface area contributed by atoms with Crippen molar-refractivity contribution < 1.29 is 9.90 Å². The molecule has 6 heteroatoms. The molecule has 112 valence electrons. The predicted molar refractivity (Wildman–Crippen MR) is 85.1 cm³/mol. The van der Waals surface area contributed by atoms with Gasteiger partial charge in [-0.05, 0) is 31.2 Å². The normalized spacial score (nSPS) is 11.0. The van der Waals surface area contributed by atoms with E-state index in [0.29, 0.717) is 23.7 Å². The van der Waals surface area contributed by atoms with Crippen LogP contribution in [0.4, 0.5) is 0 Å². The summed E-state index contributed by atoms with van der Waals surface area (Å²) in [6.07, 6.45) is 0.933. The molecule has 0 spiro atoms. The van der Waals surface area contributed by atoms with Gasteiger partial charge in [0.15, 0.2) is 0 Å². The van der Waals surface area contributed by atoms with Gasteiger partial charge in [0.1, 0.15) is 0 Å². The minimum absolute atomic E-state index is 0.252. The third kappa shape index (κ3) is 4.03. The molecule has 0 fully saturated rings. The Balaban J connectivity index is 2.12. The zero-order chi connectivity index (χ0) is 15.4. The average molecular weight is 325 g/mol. The van der Waals surface area contributed by atoms with Gasteiger partial charge in [-0.1, -0.05) is 24.6 Å². The number of aryl methyl sites for hydroxylation is 1. The van der Waals surface area contributed by atoms with Crippen molar-refractivity contribution in [3.05, 3.63) is 50.4 Å². The number of aromatic nitrogens is 1. The fourth-order valence-corrected chi connectivity index (χ4v) is 3.08. The number of aromatic carboxylic acids is 1. The number of thiazole rings is 1. The Hall–Kier alpha value is -1.43. The first kappa shape index (κ1) is 15.9. The van der Waals surface area contributed by atoms with E-state index in [-0.39, 0.29) is 5.56 Å². The van der Waals surface area contributed by atoms with Crippen LogP contribution in [0.1, 0.15) is 33.5 Å². The van der Waals surface area contributed by atoms with Crippen LogP contribution >= 0.6 is 22.9 Å². The van der Waals surface area contributed by atoms with E-state index in [4.69, 9.17) is 11.6 Å². The number of carbonyl (C=O) groups is 1. The third-order valence-electron chi connectivity index (χ3n) is 3.11. The molecule has 0 amide bonds. The minimum atomic E-state index is -0.956. The molecule has 2 aromatic rings. The highest BCUT2D eigenvalue weighted by atomic mass is 35.5. The summed E-state index contributed by atoms with van der Waals surface area (Å²) in [7, 11) is 1.93. The highest BCUT2D eigenvalue weighted by Gasteiger charge is 2.15. The summed E-state index contributed by atoms with van der Waals surface area (Å²) in [6, 6.07) is 4.95. The van der Waals surface area contributed by atoms with E-state index in [1.165, 1.54) is 0 Å². The molecule has 1 aromatic carbocycles. The predicted octanol–water partition coefficient (Wildman–Crippen LogP) is 3.69. The lowest BCUT2D eigenvalue weighted by Crippen LogP contribution is -2.19. The van der Waals surface area contributed by atoms with E-state index in [1.807, 2.05) is 17.3 Å². The second-order valence-corrected chi connectivity index (χ2v) is 6.18. The van der Waals surface area contributed by atoms with Crippen molar-refractivity contribution in [2.75, 3.05) is 7.05 Å². The SMILES string of the molecule is CCc1nc(CN(C)Cc2c(Cl)cccc2C(=O)O)cs1. The molecule has 0 radical (unpaired) electrons. The molecule has 0 aliphatic rings. The first-order valence-electron chi connectivity index (χ1n) is 6.63. The summed E-state index contributed by atoms with van der Waals surface area (Å²) in [5.41, 5.74) is 1.89. The number of nitrogens with zero attached hydrogens (tertiary/aromatic N) is 2. The molecule has 1 N–H and O–H groups in total. The molecule has 2 rings (SSSR count). The maximum Gasteiger partial charge on any atom is 0.336 e. The number of hydrogen-bond acceptors (Lipinski definition) is 4. The van der Waals surface area contributed by atoms with Crippen LogP contribution in [0.2, 0.25) is 5.02 Å². The summed E-state index contributed by atoms with van der Waals surface area (Å²) in [5.74, 6) is -0.956. The maximum absolute atomic E-state index is 11.3. The molecule has 1 aromatic heterocycles. The smallest absolute Gasteiger partial charge is 0.336 e. The van der Waals surface area contributed by atoms with Gasteiger partial charge in [0.2, 0.25) is 0 Å². The molecule has 0 unspecified atom stereocenters. The van der Waals surface area contributed by atoms with Gasteiger partial charge in [0.05, 0.1) is 16.3 Å². The van der Waals surface area contributed by atoms with Crippen molar-refractivity contribution in [3.8, 4) is 0 Å². The van der Waals surface area contributed by atoms with Gasteiger partial charge >= 0.3 is 5.97 Å². The maximum atomic E-state index is 11.3. The van der Waals surface area contributed by atoms with Gasteiger partial charge in [-0.25, -0.2) is 9.78 Å². The van der Waals surface area contributed by atoms with Crippen LogP contribution in [0.5, 0.6) is 0 Å². The van der Waals surface area contributed by atoms with E-state index in [9.17, 15) is 9.90 Å². The highest BCUT2D eigenvalue weighted by Crippen LogP contribution is 2.22. The van der Waals surface area contributed by atoms with Crippen molar-refractivity contribution in [1.82, 2.24) is 9.88 Å². The summed E-state index contributed by atoms with van der Waals surface area (Å²) in [4.78, 5) is 17.8. The topological polar surface area (TPSA) is 53.4 Å². The number of carboxylic acids is 1. The number of benzene rings is 1. The van der Waals surface area contributed by atoms with Gasteiger partial charge in [-0.3, -0.25) is 4.90 Å². The largest absolute Gasteiger partial charge is 0.478 e. The van der Waals surface area contributed by atoms with Crippen molar-refractivity contribution in [2.45, 2.75) is 26.4 Å². The first-order chi connectivity index (χ1) is 10.0. The van der Waals surface area contributed by atoms with Crippen LogP contribution in [-0.2, 0) is 19.5 Å². The Bertz CT molecular complexity index is 642. The number of carboxylic acid groups (broad SMARTS) is 1. The van der Waals surface area contributed by atoms with E-state index in [2.05, 4.69) is 11.9 Å². The number of rotatable bonds is 6. The van der Waals surface area contributed by atoms with Crippen LogP contribution in [0.25, 0.3) is 0 Å². The zero-order valence-electron chi connectivity index (χ0n) is 12.0. The standard InChI is InChI=1S/C15H17ClN2O2S/c1-3-14-17-10(9-21-14)7-18(2)8-12-11(15(19)20)5-4-6-13(12)16/h4-6,9H,3,7-8H2,1-2H3,(H,19,20). The number of hydrogen-bond donors (Lipinski definition) is 1. The Morgan fingerprint density at radius 2 is 2.19 bits per heavy atom. The summed E-state index contributed by atoms with van der Waals surface area (Å²) in [5, 5.41) is 12.9. The molecule has 0 aliphatic carbocycles. The van der Waals surface area contributed by atoms with Gasteiger partial charge in [-0.2, -0.15) is 0 Å². The first-order valence-corrected chi connectivity index (χ1v) is 7.89. The summed E-state index contributed by atoms with van der Waals surface area (Å²) >= 11 is 7.79. The summed E-state index contributed by atoms with van der Waals surface area (Å²) < 4.78 is 0. The molecule has 4 nitrogen and oxygen atoms in total. The van der Waals surface area contributed by atoms with Crippen LogP contribution in [0.15, 0.2) is 23.6 Å². The molecular weight excluding hydrogens is 308 g/mol.